The van der Waals surface area contributed by atoms with Crippen LogP contribution in [-0.2, 0) is 10.8 Å². The molecule has 3 aliphatic rings. The Morgan fingerprint density at radius 2 is 0.288 bits per heavy atom. The predicted octanol–water partition coefficient (Wildman–Crippen LogP) is 33.5. The van der Waals surface area contributed by atoms with Crippen molar-refractivity contribution >= 4 is 32.3 Å². The van der Waals surface area contributed by atoms with Gasteiger partial charge in [0.25, 0.3) is 0 Å². The second-order valence-corrected chi connectivity index (χ2v) is 37.2. The number of rotatable bonds is 15. The number of hydrogen-bond donors (Lipinski definition) is 0. The average Bonchev–Trinajstić information content (AvgIpc) is 1.54. The van der Waals surface area contributed by atoms with E-state index in [1.54, 1.807) is 0 Å². The highest BCUT2D eigenvalue weighted by molar-refractivity contribution is 6.26. The summed E-state index contributed by atoms with van der Waals surface area (Å²) >= 11 is 0. The predicted molar refractivity (Wildman–Crippen MR) is 596 cm³/mol. The highest BCUT2D eigenvalue weighted by Gasteiger charge is 2.52. The molecule has 3 aromatic heterocycles. The molecule has 3 aliphatic carbocycles. The Bertz CT molecular complexity index is 8710. The number of nitrogens with zero attached hydrogens (tertiary/aromatic N) is 9. The van der Waals surface area contributed by atoms with E-state index in [0.29, 0.717) is 52.4 Å². The van der Waals surface area contributed by atoms with Crippen molar-refractivity contribution in [3.8, 4) is 180 Å². The Morgan fingerprint density at radius 3 is 0.582 bits per heavy atom. The molecule has 0 amide bonds. The topological polar surface area (TPSA) is 116 Å². The number of hydrogen-bond acceptors (Lipinski definition) is 9. The summed E-state index contributed by atoms with van der Waals surface area (Å²) in [6.45, 7) is 0. The first-order chi connectivity index (χ1) is 72.4. The Balaban J connectivity index is 0.000000111. The van der Waals surface area contributed by atoms with E-state index in [2.05, 4.69) is 358 Å². The minimum atomic E-state index is -0.453. The normalized spacial score (nSPS) is 12.4. The molecule has 0 fully saturated rings. The minimum absolute atomic E-state index is 0.379. The van der Waals surface area contributed by atoms with Gasteiger partial charge in [0.15, 0.2) is 52.4 Å². The summed E-state index contributed by atoms with van der Waals surface area (Å²) in [6.07, 6.45) is 0. The Kier molecular flexibility index (Phi) is 22.2. The Morgan fingerprint density at radius 1 is 0.103 bits per heavy atom. The van der Waals surface area contributed by atoms with Crippen molar-refractivity contribution in [3.63, 3.8) is 0 Å². The first kappa shape index (κ1) is 86.9. The lowest BCUT2D eigenvalue weighted by molar-refractivity contribution is 0.769. The number of aromatic nitrogens is 9. The molecular formula is C137H89N9. The van der Waals surface area contributed by atoms with Gasteiger partial charge in [-0.3, -0.25) is 0 Å². The van der Waals surface area contributed by atoms with E-state index >= 15 is 0 Å². The molecular weight excluding hydrogens is 1770 g/mol. The minimum Gasteiger partial charge on any atom is -0.208 e. The van der Waals surface area contributed by atoms with Crippen LogP contribution in [0.5, 0.6) is 0 Å². The zero-order valence-electron chi connectivity index (χ0n) is 79.4. The van der Waals surface area contributed by atoms with Crippen LogP contribution in [0.3, 0.4) is 0 Å². The molecule has 22 aromatic carbocycles. The van der Waals surface area contributed by atoms with Gasteiger partial charge in [-0.05, 0) is 197 Å². The van der Waals surface area contributed by atoms with Crippen LogP contribution in [0, 0.1) is 0 Å². The average molecular weight is 1860 g/mol. The molecule has 9 heteroatoms. The molecule has 25 aromatic rings. The lowest BCUT2D eigenvalue weighted by atomic mass is 9.67. The van der Waals surface area contributed by atoms with Crippen molar-refractivity contribution in [1.82, 2.24) is 44.9 Å². The van der Waals surface area contributed by atoms with Crippen LogP contribution in [0.25, 0.3) is 213 Å². The van der Waals surface area contributed by atoms with Gasteiger partial charge in [-0.15, -0.1) is 0 Å². The maximum absolute atomic E-state index is 5.00. The van der Waals surface area contributed by atoms with Crippen molar-refractivity contribution < 1.29 is 0 Å². The highest BCUT2D eigenvalue weighted by Crippen LogP contribution is 2.64. The summed E-state index contributed by atoms with van der Waals surface area (Å²) < 4.78 is 0. The second-order valence-electron chi connectivity index (χ2n) is 37.2. The zero-order chi connectivity index (χ0) is 96.9. The van der Waals surface area contributed by atoms with Crippen molar-refractivity contribution in [3.05, 3.63) is 584 Å². The van der Waals surface area contributed by atoms with Crippen LogP contribution < -0.4 is 0 Å². The van der Waals surface area contributed by atoms with Gasteiger partial charge in [0.1, 0.15) is 0 Å². The van der Waals surface area contributed by atoms with Gasteiger partial charge < -0.3 is 0 Å². The third-order valence-electron chi connectivity index (χ3n) is 28.9. The van der Waals surface area contributed by atoms with Crippen molar-refractivity contribution in [2.45, 2.75) is 10.8 Å². The van der Waals surface area contributed by atoms with E-state index < -0.39 is 5.41 Å². The Labute approximate surface area is 846 Å². The van der Waals surface area contributed by atoms with E-state index in [4.69, 9.17) is 44.9 Å². The zero-order valence-corrected chi connectivity index (χ0v) is 79.4. The summed E-state index contributed by atoms with van der Waals surface area (Å²) in [6, 6.07) is 191. The number of fused-ring (bicyclic) bond motifs is 19. The van der Waals surface area contributed by atoms with Crippen LogP contribution in [0.15, 0.2) is 540 Å². The largest absolute Gasteiger partial charge is 0.208 e. The maximum Gasteiger partial charge on any atom is 0.164 e. The van der Waals surface area contributed by atoms with Crippen LogP contribution in [0.1, 0.15) is 44.5 Å². The molecule has 0 saturated heterocycles. The fraction of sp³-hybridized carbons (Fsp3) is 0.0146. The fourth-order valence-corrected chi connectivity index (χ4v) is 22.2. The van der Waals surface area contributed by atoms with Gasteiger partial charge in [-0.1, -0.05) is 497 Å². The SMILES string of the molecule is c1ccc(-c2nc(-c3ccccc3)nc(-c3cccc(-c4ccc5c(c4)C(c4ccccc4)(c4ccccc4)c4ccccc4-5)c3)n2)cc1.c1ccc(-c2nc(-c3ccccc3)nc(-c3cccc(-c4ccc5c(c4)C4(c6ccccc6-c6ccccc64)c4ccccc4-5)c3)n2)cc1.c1ccc(-c2nc(-c3ccccc3)nc(-c3cccc(-c4cccc(-c5ccc6c7ccccc7c7ccccc7c6c5)c4)c3)n2)cc1. The molecule has 1 spiro atoms. The maximum atomic E-state index is 5.00. The first-order valence-electron chi connectivity index (χ1n) is 49.5. The van der Waals surface area contributed by atoms with Crippen LogP contribution >= 0.6 is 0 Å². The molecule has 146 heavy (non-hydrogen) atoms. The van der Waals surface area contributed by atoms with E-state index in [-0.39, 0.29) is 5.41 Å². The van der Waals surface area contributed by atoms with Gasteiger partial charge in [0.2, 0.25) is 0 Å². The molecule has 0 radical (unpaired) electrons. The van der Waals surface area contributed by atoms with Crippen molar-refractivity contribution in [2.24, 2.45) is 0 Å². The molecule has 0 atom stereocenters. The van der Waals surface area contributed by atoms with Crippen LogP contribution in [0.2, 0.25) is 0 Å². The first-order valence-corrected chi connectivity index (χ1v) is 49.5. The third-order valence-corrected chi connectivity index (χ3v) is 28.9. The van der Waals surface area contributed by atoms with Gasteiger partial charge in [0, 0.05) is 50.1 Å². The summed E-state index contributed by atoms with van der Waals surface area (Å²) in [5.74, 6) is 5.88. The molecule has 3 heterocycles. The van der Waals surface area contributed by atoms with Gasteiger partial charge in [-0.25, -0.2) is 44.9 Å². The number of benzene rings is 22. The molecule has 28 rings (SSSR count). The second kappa shape index (κ2) is 37.3. The van der Waals surface area contributed by atoms with E-state index in [1.807, 2.05) is 182 Å². The van der Waals surface area contributed by atoms with Gasteiger partial charge >= 0.3 is 0 Å². The highest BCUT2D eigenvalue weighted by atomic mass is 15.1. The molecule has 0 N–H and O–H groups in total. The lowest BCUT2D eigenvalue weighted by Crippen LogP contribution is -2.28. The Hall–Kier alpha value is -19.4. The van der Waals surface area contributed by atoms with Crippen LogP contribution in [-0.4, -0.2) is 44.9 Å². The van der Waals surface area contributed by atoms with Gasteiger partial charge in [0.05, 0.1) is 10.8 Å². The van der Waals surface area contributed by atoms with Gasteiger partial charge in [-0.2, -0.15) is 0 Å². The summed E-state index contributed by atoms with van der Waals surface area (Å²) in [4.78, 5) is 44.6. The quantitative estimate of drug-likeness (QED) is 0.0925. The monoisotopic (exact) mass is 1860 g/mol. The molecule has 0 bridgehead atoms. The molecule has 0 unspecified atom stereocenters. The van der Waals surface area contributed by atoms with Crippen molar-refractivity contribution in [2.75, 3.05) is 0 Å². The molecule has 9 nitrogen and oxygen atoms in total. The third kappa shape index (κ3) is 15.6. The lowest BCUT2D eigenvalue weighted by Gasteiger charge is -2.34. The standard InChI is InChI=1S/C46H29N3.C46H31N3.C45H29N3/c1-3-14-30(15-4-1)43-47-44(31-16-5-2-6-17-31)49-45(48-43)34-19-13-18-32(28-34)33-26-27-38-37-22-9-12-25-41(37)46(42(38)29-33)39-23-10-7-20-35(39)36-21-8-11-24-40(36)46;1-5-16-32(17-6-1)43-47-44(33-18-7-2-8-19-33)49-45(48-43)36-21-15-20-34(30-36)35-28-29-40-39-26-13-14-27-41(39)46(42(40)31-35,37-22-9-3-10-23-37)38-24-11-4-12-25-38;1-3-13-30(14-4-1)43-46-44(31-15-5-2-6-16-31)48-45(47-43)36-20-12-19-34(28-36)32-17-11-18-33(27-32)35-25-26-41-39-23-8-7-21-37(39)38-22-9-10-24-40(38)42(41)29-35/h1-29H;1-31H;1-29H. The smallest absolute Gasteiger partial charge is 0.164 e. The summed E-state index contributed by atoms with van der Waals surface area (Å²) in [5, 5.41) is 7.69. The van der Waals surface area contributed by atoms with Crippen molar-refractivity contribution in [1.29, 1.82) is 0 Å². The molecule has 0 saturated carbocycles. The fourth-order valence-electron chi connectivity index (χ4n) is 22.2. The molecule has 0 aliphatic heterocycles. The van der Waals surface area contributed by atoms with E-state index in [1.165, 1.54) is 121 Å². The molecule has 682 valence electrons. The summed E-state index contributed by atoms with van der Waals surface area (Å²) in [5.41, 5.74) is 35.1. The summed E-state index contributed by atoms with van der Waals surface area (Å²) in [7, 11) is 0. The van der Waals surface area contributed by atoms with E-state index in [0.717, 1.165) is 83.5 Å². The van der Waals surface area contributed by atoms with E-state index in [9.17, 15) is 0 Å². The van der Waals surface area contributed by atoms with Crippen LogP contribution in [0.4, 0.5) is 0 Å².